The third kappa shape index (κ3) is 78.7. The van der Waals surface area contributed by atoms with Crippen LogP contribution in [0.2, 0.25) is 0 Å². The van der Waals surface area contributed by atoms with Crippen molar-refractivity contribution in [2.24, 2.45) is 11.8 Å². The topological polar surface area (TPSA) is 237 Å². The summed E-state index contributed by atoms with van der Waals surface area (Å²) in [5.74, 6) is -0.506. The van der Waals surface area contributed by atoms with E-state index in [1.54, 1.807) is 0 Å². The molecule has 0 bridgehead atoms. The van der Waals surface area contributed by atoms with Gasteiger partial charge in [0, 0.05) is 25.7 Å². The summed E-state index contributed by atoms with van der Waals surface area (Å²) in [5.41, 5.74) is 0. The molecule has 17 nitrogen and oxygen atoms in total. The number of ether oxygens (including phenoxy) is 4. The molecule has 630 valence electrons. The van der Waals surface area contributed by atoms with E-state index in [2.05, 4.69) is 41.5 Å². The number of carbonyl (C=O) groups excluding carboxylic acids is 4. The Morgan fingerprint density at radius 1 is 0.274 bits per heavy atom. The van der Waals surface area contributed by atoms with Gasteiger partial charge in [0.05, 0.1) is 26.4 Å². The number of unbranched alkanes of at least 4 members (excludes halogenated alkanes) is 55. The average molecular weight is 1550 g/mol. The van der Waals surface area contributed by atoms with Crippen molar-refractivity contribution in [3.05, 3.63) is 0 Å². The lowest BCUT2D eigenvalue weighted by molar-refractivity contribution is -0.161. The molecule has 0 amide bonds. The van der Waals surface area contributed by atoms with Crippen LogP contribution < -0.4 is 0 Å². The Morgan fingerprint density at radius 3 is 0.717 bits per heavy atom. The number of esters is 4. The van der Waals surface area contributed by atoms with Gasteiger partial charge in [0.25, 0.3) is 0 Å². The maximum atomic E-state index is 13.2. The standard InChI is InChI=1S/C87H170O17P2/c1-7-10-12-14-16-18-20-22-24-25-26-27-28-29-31-37-41-47-54-60-66-72-87(92)103-82(75-97-84(89)69-63-57-51-45-39-35-33-32-34-38-44-50-56-62-68-80(6)9-3)77-101-105(93,94)99-73-81(88)74-100-106(95,96)102-78-83(76-98-85(90)70-64-58-52-48-42-43-49-55-61-67-79(4)5)104-86(91)71-65-59-53-46-40-36-30-23-21-19-17-15-13-11-8-2/h79-83,88H,7-78H2,1-6H3,(H,93,94)(H,95,96)/t80?,81-,82-,83-/m1/s1. The molecule has 0 aliphatic heterocycles. The molecule has 0 aliphatic rings. The highest BCUT2D eigenvalue weighted by Crippen LogP contribution is 2.45. The van der Waals surface area contributed by atoms with Crippen LogP contribution in [0, 0.1) is 11.8 Å². The molecule has 0 radical (unpaired) electrons. The first-order chi connectivity index (χ1) is 51.4. The number of hydrogen-bond donors (Lipinski definition) is 3. The molecular weight excluding hydrogens is 1380 g/mol. The van der Waals surface area contributed by atoms with Gasteiger partial charge in [0.1, 0.15) is 19.3 Å². The van der Waals surface area contributed by atoms with Crippen molar-refractivity contribution < 1.29 is 80.2 Å². The van der Waals surface area contributed by atoms with Crippen LogP contribution in [0.1, 0.15) is 465 Å². The molecule has 0 rings (SSSR count). The molecule has 0 heterocycles. The van der Waals surface area contributed by atoms with Gasteiger partial charge in [-0.05, 0) is 37.5 Å². The van der Waals surface area contributed by atoms with Gasteiger partial charge in [-0.2, -0.15) is 0 Å². The van der Waals surface area contributed by atoms with Gasteiger partial charge >= 0.3 is 39.5 Å². The third-order valence-corrected chi connectivity index (χ3v) is 22.7. The SMILES string of the molecule is CCCCCCCCCCCCCCCCCCCCCCCC(=O)O[C@H](COC(=O)CCCCCCCCCCCCCCCCC(C)CC)COP(=O)(O)OC[C@@H](O)COP(=O)(O)OC[C@@H](COC(=O)CCCCCCCCCCCC(C)C)OC(=O)CCCCCCCCCCCCCCCCC. The number of phosphoric ester groups is 2. The summed E-state index contributed by atoms with van der Waals surface area (Å²) in [4.78, 5) is 73.3. The summed E-state index contributed by atoms with van der Waals surface area (Å²) in [7, 11) is -9.93. The number of aliphatic hydroxyl groups is 1. The molecule has 0 spiro atoms. The van der Waals surface area contributed by atoms with Crippen LogP contribution in [0.4, 0.5) is 0 Å². The Labute approximate surface area is 651 Å². The average Bonchev–Trinajstić information content (AvgIpc) is 0.900. The summed E-state index contributed by atoms with van der Waals surface area (Å²) >= 11 is 0. The second-order valence-corrected chi connectivity index (χ2v) is 34.9. The van der Waals surface area contributed by atoms with Crippen LogP contribution >= 0.6 is 15.6 Å². The predicted octanol–water partition coefficient (Wildman–Crippen LogP) is 26.6. The first-order valence-corrected chi connectivity index (χ1v) is 48.0. The zero-order chi connectivity index (χ0) is 77.8. The maximum Gasteiger partial charge on any atom is 0.472 e. The molecule has 3 unspecified atom stereocenters. The first kappa shape index (κ1) is 104. The van der Waals surface area contributed by atoms with Crippen LogP contribution in [-0.2, 0) is 65.4 Å². The Balaban J connectivity index is 5.25. The zero-order valence-corrected chi connectivity index (χ0v) is 71.5. The van der Waals surface area contributed by atoms with E-state index in [4.69, 9.17) is 37.0 Å². The Kier molecular flexibility index (Phi) is 76.9. The van der Waals surface area contributed by atoms with Gasteiger partial charge in [-0.15, -0.1) is 0 Å². The zero-order valence-electron chi connectivity index (χ0n) is 69.7. The molecule has 0 aromatic carbocycles. The van der Waals surface area contributed by atoms with Gasteiger partial charge < -0.3 is 33.8 Å². The van der Waals surface area contributed by atoms with Crippen molar-refractivity contribution >= 4 is 39.5 Å². The first-order valence-electron chi connectivity index (χ1n) is 45.0. The number of aliphatic hydroxyl groups excluding tert-OH is 1. The summed E-state index contributed by atoms with van der Waals surface area (Å²) in [6.45, 7) is 9.72. The lowest BCUT2D eigenvalue weighted by Gasteiger charge is -2.21. The lowest BCUT2D eigenvalue weighted by atomic mass is 9.99. The highest BCUT2D eigenvalue weighted by atomic mass is 31.2. The predicted molar refractivity (Wildman–Crippen MR) is 437 cm³/mol. The Bertz CT molecular complexity index is 2030. The van der Waals surface area contributed by atoms with Gasteiger partial charge in [-0.1, -0.05) is 414 Å². The summed E-state index contributed by atoms with van der Waals surface area (Å²) in [6.07, 6.45) is 70.8. The second kappa shape index (κ2) is 78.3. The minimum absolute atomic E-state index is 0.108. The maximum absolute atomic E-state index is 13.2. The lowest BCUT2D eigenvalue weighted by Crippen LogP contribution is -2.30. The van der Waals surface area contributed by atoms with Crippen molar-refractivity contribution in [1.29, 1.82) is 0 Å². The fraction of sp³-hybridized carbons (Fsp3) is 0.954. The van der Waals surface area contributed by atoms with Gasteiger partial charge in [0.15, 0.2) is 12.2 Å². The molecular formula is C87H170O17P2. The van der Waals surface area contributed by atoms with Crippen molar-refractivity contribution in [3.63, 3.8) is 0 Å². The highest BCUT2D eigenvalue weighted by molar-refractivity contribution is 7.47. The molecule has 0 aromatic heterocycles. The van der Waals surface area contributed by atoms with E-state index in [1.807, 2.05) is 0 Å². The van der Waals surface area contributed by atoms with Crippen molar-refractivity contribution in [2.75, 3.05) is 39.6 Å². The van der Waals surface area contributed by atoms with E-state index in [9.17, 15) is 43.2 Å². The van der Waals surface area contributed by atoms with E-state index < -0.39 is 97.5 Å². The van der Waals surface area contributed by atoms with Crippen LogP contribution in [0.3, 0.4) is 0 Å². The van der Waals surface area contributed by atoms with Crippen LogP contribution in [0.15, 0.2) is 0 Å². The Morgan fingerprint density at radius 2 is 0.481 bits per heavy atom. The quantitative estimate of drug-likeness (QED) is 0.0222. The molecule has 0 saturated heterocycles. The molecule has 6 atom stereocenters. The number of phosphoric acid groups is 2. The van der Waals surface area contributed by atoms with Gasteiger partial charge in [0.2, 0.25) is 0 Å². The summed E-state index contributed by atoms with van der Waals surface area (Å²) < 4.78 is 69.0. The Hall–Kier alpha value is -1.94. The van der Waals surface area contributed by atoms with Crippen molar-refractivity contribution in [3.8, 4) is 0 Å². The van der Waals surface area contributed by atoms with E-state index in [0.29, 0.717) is 25.7 Å². The van der Waals surface area contributed by atoms with E-state index >= 15 is 0 Å². The van der Waals surface area contributed by atoms with Crippen LogP contribution in [0.5, 0.6) is 0 Å². The minimum Gasteiger partial charge on any atom is -0.462 e. The molecule has 0 aromatic rings. The van der Waals surface area contributed by atoms with E-state index in [-0.39, 0.29) is 25.7 Å². The largest absolute Gasteiger partial charge is 0.472 e. The molecule has 19 heteroatoms. The second-order valence-electron chi connectivity index (χ2n) is 32.0. The summed E-state index contributed by atoms with van der Waals surface area (Å²) in [5, 5.41) is 10.7. The van der Waals surface area contributed by atoms with E-state index in [0.717, 1.165) is 102 Å². The summed E-state index contributed by atoms with van der Waals surface area (Å²) in [6, 6.07) is 0. The van der Waals surface area contributed by atoms with Crippen LogP contribution in [-0.4, -0.2) is 96.7 Å². The fourth-order valence-electron chi connectivity index (χ4n) is 13.6. The number of rotatable bonds is 86. The van der Waals surface area contributed by atoms with Crippen LogP contribution in [0.25, 0.3) is 0 Å². The molecule has 0 aliphatic carbocycles. The fourth-order valence-corrected chi connectivity index (χ4v) is 15.1. The van der Waals surface area contributed by atoms with Gasteiger partial charge in [-0.3, -0.25) is 37.3 Å². The minimum atomic E-state index is -4.97. The molecule has 3 N–H and O–H groups in total. The van der Waals surface area contributed by atoms with Crippen molar-refractivity contribution in [2.45, 2.75) is 484 Å². The molecule has 0 saturated carbocycles. The molecule has 0 fully saturated rings. The normalized spacial score (nSPS) is 14.1. The van der Waals surface area contributed by atoms with Crippen molar-refractivity contribution in [1.82, 2.24) is 0 Å². The number of carbonyl (C=O) groups is 4. The highest BCUT2D eigenvalue weighted by Gasteiger charge is 2.30. The van der Waals surface area contributed by atoms with E-state index in [1.165, 1.54) is 283 Å². The monoisotopic (exact) mass is 1550 g/mol. The smallest absolute Gasteiger partial charge is 0.462 e. The molecule has 106 heavy (non-hydrogen) atoms. The number of hydrogen-bond acceptors (Lipinski definition) is 15. The third-order valence-electron chi connectivity index (χ3n) is 20.8. The van der Waals surface area contributed by atoms with Gasteiger partial charge in [-0.25, -0.2) is 9.13 Å².